The molecule has 0 heterocycles. The number of hydrogen-bond acceptors (Lipinski definition) is 5. The standard InChI is InChI=1S/C19H18N2O3S/c1-12-6-13(2)8-15(7-12)19(23)24-10-18(22)21-17-5-4-16(25-11-20)9-14(17)3/h4-9H,10H2,1-3H3,(H,21,22). The van der Waals surface area contributed by atoms with Crippen molar-refractivity contribution in [2.75, 3.05) is 11.9 Å². The molecular weight excluding hydrogens is 336 g/mol. The number of esters is 1. The van der Waals surface area contributed by atoms with E-state index in [1.165, 1.54) is 0 Å². The van der Waals surface area contributed by atoms with Crippen molar-refractivity contribution in [3.63, 3.8) is 0 Å². The first kappa shape index (κ1) is 18.6. The van der Waals surface area contributed by atoms with Crippen molar-refractivity contribution in [3.8, 4) is 5.40 Å². The number of carbonyl (C=O) groups is 2. The molecule has 2 aromatic carbocycles. The summed E-state index contributed by atoms with van der Waals surface area (Å²) < 4.78 is 5.08. The van der Waals surface area contributed by atoms with Crippen LogP contribution >= 0.6 is 11.8 Å². The van der Waals surface area contributed by atoms with E-state index in [-0.39, 0.29) is 6.61 Å². The average Bonchev–Trinajstić information content (AvgIpc) is 2.54. The number of nitriles is 1. The zero-order valence-corrected chi connectivity index (χ0v) is 15.1. The van der Waals surface area contributed by atoms with Gasteiger partial charge in [-0.15, -0.1) is 0 Å². The van der Waals surface area contributed by atoms with E-state index in [0.717, 1.165) is 33.3 Å². The van der Waals surface area contributed by atoms with Crippen LogP contribution in [-0.4, -0.2) is 18.5 Å². The molecular formula is C19H18N2O3S. The molecule has 25 heavy (non-hydrogen) atoms. The largest absolute Gasteiger partial charge is 0.452 e. The summed E-state index contributed by atoms with van der Waals surface area (Å²) in [5.74, 6) is -0.944. The molecule has 0 spiro atoms. The Morgan fingerprint density at radius 3 is 2.40 bits per heavy atom. The second-order valence-electron chi connectivity index (χ2n) is 5.67. The fraction of sp³-hybridized carbons (Fsp3) is 0.211. The van der Waals surface area contributed by atoms with Crippen molar-refractivity contribution in [2.24, 2.45) is 0 Å². The van der Waals surface area contributed by atoms with Crippen molar-refractivity contribution >= 4 is 29.3 Å². The zero-order chi connectivity index (χ0) is 18.4. The molecule has 0 aliphatic rings. The summed E-state index contributed by atoms with van der Waals surface area (Å²) in [6, 6.07) is 10.7. The molecule has 0 bridgehead atoms. The lowest BCUT2D eigenvalue weighted by Gasteiger charge is -2.10. The quantitative estimate of drug-likeness (QED) is 0.499. The van der Waals surface area contributed by atoms with Gasteiger partial charge in [0.15, 0.2) is 6.61 Å². The van der Waals surface area contributed by atoms with Crippen LogP contribution in [-0.2, 0) is 9.53 Å². The molecule has 1 amide bonds. The monoisotopic (exact) mass is 354 g/mol. The number of amides is 1. The number of nitrogens with zero attached hydrogens (tertiary/aromatic N) is 1. The summed E-state index contributed by atoms with van der Waals surface area (Å²) in [6.45, 7) is 5.26. The summed E-state index contributed by atoms with van der Waals surface area (Å²) in [6.07, 6.45) is 0. The van der Waals surface area contributed by atoms with Gasteiger partial charge in [0, 0.05) is 10.6 Å². The third-order valence-corrected chi connectivity index (χ3v) is 4.01. The molecule has 0 aliphatic carbocycles. The maximum Gasteiger partial charge on any atom is 0.338 e. The third kappa shape index (κ3) is 5.37. The van der Waals surface area contributed by atoms with Crippen LogP contribution in [0.1, 0.15) is 27.0 Å². The maximum absolute atomic E-state index is 12.1. The molecule has 6 heteroatoms. The SMILES string of the molecule is Cc1cc(C)cc(C(=O)OCC(=O)Nc2ccc(SC#N)cc2C)c1. The van der Waals surface area contributed by atoms with E-state index in [4.69, 9.17) is 10.00 Å². The molecule has 0 radical (unpaired) electrons. The highest BCUT2D eigenvalue weighted by atomic mass is 32.2. The maximum atomic E-state index is 12.1. The molecule has 0 saturated carbocycles. The van der Waals surface area contributed by atoms with Gasteiger partial charge < -0.3 is 10.1 Å². The lowest BCUT2D eigenvalue weighted by molar-refractivity contribution is -0.119. The number of benzene rings is 2. The minimum atomic E-state index is -0.528. The van der Waals surface area contributed by atoms with Gasteiger partial charge in [0.25, 0.3) is 5.91 Å². The Balaban J connectivity index is 1.94. The van der Waals surface area contributed by atoms with Crippen molar-refractivity contribution < 1.29 is 14.3 Å². The average molecular weight is 354 g/mol. The van der Waals surface area contributed by atoms with Gasteiger partial charge in [-0.2, -0.15) is 5.26 Å². The zero-order valence-electron chi connectivity index (χ0n) is 14.3. The number of nitrogens with one attached hydrogen (secondary N) is 1. The van der Waals surface area contributed by atoms with Gasteiger partial charge >= 0.3 is 5.97 Å². The smallest absolute Gasteiger partial charge is 0.338 e. The van der Waals surface area contributed by atoms with Gasteiger partial charge in [0.2, 0.25) is 0 Å². The van der Waals surface area contributed by atoms with E-state index < -0.39 is 11.9 Å². The van der Waals surface area contributed by atoms with E-state index in [0.29, 0.717) is 11.3 Å². The van der Waals surface area contributed by atoms with E-state index in [2.05, 4.69) is 5.32 Å². The Morgan fingerprint density at radius 1 is 1.12 bits per heavy atom. The number of carbonyl (C=O) groups excluding carboxylic acids is 2. The van der Waals surface area contributed by atoms with Crippen molar-refractivity contribution in [2.45, 2.75) is 25.7 Å². The fourth-order valence-corrected chi connectivity index (χ4v) is 2.86. The summed E-state index contributed by atoms with van der Waals surface area (Å²) >= 11 is 1.05. The molecule has 0 aromatic heterocycles. The third-order valence-electron chi connectivity index (χ3n) is 3.43. The second-order valence-corrected chi connectivity index (χ2v) is 6.53. The minimum absolute atomic E-state index is 0.361. The highest BCUT2D eigenvalue weighted by molar-refractivity contribution is 8.03. The molecule has 0 aliphatic heterocycles. The number of ether oxygens (including phenoxy) is 1. The van der Waals surface area contributed by atoms with Gasteiger partial charge in [-0.1, -0.05) is 17.2 Å². The van der Waals surface area contributed by atoms with Crippen LogP contribution < -0.4 is 5.32 Å². The Morgan fingerprint density at radius 2 is 1.80 bits per heavy atom. The lowest BCUT2D eigenvalue weighted by atomic mass is 10.1. The molecule has 1 N–H and O–H groups in total. The second kappa shape index (κ2) is 8.36. The van der Waals surface area contributed by atoms with E-state index in [9.17, 15) is 9.59 Å². The van der Waals surface area contributed by atoms with E-state index in [1.807, 2.05) is 38.3 Å². The Kier molecular flexibility index (Phi) is 6.20. The predicted octanol–water partition coefficient (Wildman–Crippen LogP) is 3.98. The number of anilines is 1. The number of hydrogen-bond donors (Lipinski definition) is 1. The van der Waals surface area contributed by atoms with Crippen molar-refractivity contribution in [1.29, 1.82) is 5.26 Å². The molecule has 0 atom stereocenters. The first-order chi connectivity index (χ1) is 11.9. The molecule has 2 rings (SSSR count). The lowest BCUT2D eigenvalue weighted by Crippen LogP contribution is -2.21. The van der Waals surface area contributed by atoms with Crippen LogP contribution in [0.2, 0.25) is 0 Å². The number of aryl methyl sites for hydroxylation is 3. The van der Waals surface area contributed by atoms with Crippen LogP contribution in [0.4, 0.5) is 5.69 Å². The van der Waals surface area contributed by atoms with Crippen molar-refractivity contribution in [1.82, 2.24) is 0 Å². The molecule has 128 valence electrons. The first-order valence-corrected chi connectivity index (χ1v) is 8.42. The highest BCUT2D eigenvalue weighted by Crippen LogP contribution is 2.23. The number of thioether (sulfide) groups is 1. The van der Waals surface area contributed by atoms with Crippen LogP contribution in [0.3, 0.4) is 0 Å². The normalized spacial score (nSPS) is 10.0. The molecule has 5 nitrogen and oxygen atoms in total. The van der Waals surface area contributed by atoms with Crippen LogP contribution in [0, 0.1) is 31.4 Å². The Labute approximate surface area is 151 Å². The van der Waals surface area contributed by atoms with Crippen LogP contribution in [0.25, 0.3) is 0 Å². The van der Waals surface area contributed by atoms with Gasteiger partial charge in [-0.25, -0.2) is 4.79 Å². The topological polar surface area (TPSA) is 79.2 Å². The summed E-state index contributed by atoms with van der Waals surface area (Å²) in [7, 11) is 0. The Bertz CT molecular complexity index is 836. The molecule has 2 aromatic rings. The minimum Gasteiger partial charge on any atom is -0.452 e. The molecule has 0 saturated heterocycles. The van der Waals surface area contributed by atoms with E-state index in [1.54, 1.807) is 24.3 Å². The first-order valence-electron chi connectivity index (χ1n) is 7.61. The summed E-state index contributed by atoms with van der Waals surface area (Å²) in [5, 5.41) is 13.4. The molecule has 0 fully saturated rings. The highest BCUT2D eigenvalue weighted by Gasteiger charge is 2.12. The van der Waals surface area contributed by atoms with Crippen LogP contribution in [0.5, 0.6) is 0 Å². The van der Waals surface area contributed by atoms with Crippen LogP contribution in [0.15, 0.2) is 41.3 Å². The van der Waals surface area contributed by atoms with E-state index >= 15 is 0 Å². The van der Waals surface area contributed by atoms with Crippen molar-refractivity contribution in [3.05, 3.63) is 58.7 Å². The van der Waals surface area contributed by atoms with Gasteiger partial charge in [-0.05, 0) is 68.4 Å². The van der Waals surface area contributed by atoms with Gasteiger partial charge in [0.1, 0.15) is 5.40 Å². The summed E-state index contributed by atoms with van der Waals surface area (Å²) in [5.41, 5.74) is 3.80. The molecule has 0 unspecified atom stereocenters. The number of thiocyanates is 1. The summed E-state index contributed by atoms with van der Waals surface area (Å²) in [4.78, 5) is 24.9. The Hall–Kier alpha value is -2.78. The predicted molar refractivity (Wildman–Crippen MR) is 97.5 cm³/mol. The van der Waals surface area contributed by atoms with Gasteiger partial charge in [0.05, 0.1) is 5.56 Å². The number of rotatable bonds is 5. The van der Waals surface area contributed by atoms with Gasteiger partial charge in [-0.3, -0.25) is 4.79 Å². The fourth-order valence-electron chi connectivity index (χ4n) is 2.39.